The molecule has 0 rings (SSSR count). The number of nitrogens with zero attached hydrogens (tertiary/aromatic N) is 3. The Kier molecular flexibility index (Phi) is 6.17. The summed E-state index contributed by atoms with van der Waals surface area (Å²) in [6, 6.07) is 0. The first-order chi connectivity index (χ1) is 5.56. The fraction of sp³-hybridized carbons (Fsp3) is 1.00. The highest BCUT2D eigenvalue weighted by molar-refractivity contribution is 4.04. The zero-order valence-electron chi connectivity index (χ0n) is 8.27. The van der Waals surface area contributed by atoms with Crippen molar-refractivity contribution in [1.29, 1.82) is 0 Å². The molecule has 0 aromatic heterocycles. The lowest BCUT2D eigenvalue weighted by molar-refractivity contribution is -0.546. The SMILES string of the molecule is CCON(C)ON(C)ON(C)C. The van der Waals surface area contributed by atoms with Gasteiger partial charge in [-0.25, -0.2) is 0 Å². The van der Waals surface area contributed by atoms with Gasteiger partial charge < -0.3 is 0 Å². The molecule has 6 heteroatoms. The van der Waals surface area contributed by atoms with Gasteiger partial charge in [0.05, 0.1) is 6.61 Å². The molecule has 0 heterocycles. The van der Waals surface area contributed by atoms with Crippen LogP contribution >= 0.6 is 0 Å². The summed E-state index contributed by atoms with van der Waals surface area (Å²) in [5.41, 5.74) is 0. The molecule has 6 nitrogen and oxygen atoms in total. The van der Waals surface area contributed by atoms with Crippen LogP contribution in [0.25, 0.3) is 0 Å². The van der Waals surface area contributed by atoms with Gasteiger partial charge in [-0.3, -0.25) is 4.84 Å². The second-order valence-electron chi connectivity index (χ2n) is 2.27. The van der Waals surface area contributed by atoms with E-state index < -0.39 is 0 Å². The van der Waals surface area contributed by atoms with Crippen LogP contribution in [0.2, 0.25) is 0 Å². The summed E-state index contributed by atoms with van der Waals surface area (Å²) >= 11 is 0. The Balaban J connectivity index is 3.46. The van der Waals surface area contributed by atoms with Gasteiger partial charge in [-0.05, 0) is 17.4 Å². The first-order valence-electron chi connectivity index (χ1n) is 3.70. The first kappa shape index (κ1) is 11.8. The molecule has 0 radical (unpaired) electrons. The fourth-order valence-corrected chi connectivity index (χ4v) is 0.612. The number of rotatable bonds is 6. The smallest absolute Gasteiger partial charge is 0.0684 e. The Hall–Kier alpha value is -0.240. The summed E-state index contributed by atoms with van der Waals surface area (Å²) in [7, 11) is 6.76. The second kappa shape index (κ2) is 6.30. The normalized spacial score (nSPS) is 12.0. The largest absolute Gasteiger partial charge is 0.273 e. The summed E-state index contributed by atoms with van der Waals surface area (Å²) in [4.78, 5) is 14.9. The van der Waals surface area contributed by atoms with Gasteiger partial charge in [-0.15, -0.1) is 0 Å². The third kappa shape index (κ3) is 6.47. The quantitative estimate of drug-likeness (QED) is 0.537. The van der Waals surface area contributed by atoms with E-state index in [4.69, 9.17) is 14.7 Å². The third-order valence-electron chi connectivity index (χ3n) is 0.819. The molecule has 0 aliphatic heterocycles. The van der Waals surface area contributed by atoms with E-state index in [9.17, 15) is 0 Å². The number of hydrogen-bond acceptors (Lipinski definition) is 6. The highest BCUT2D eigenvalue weighted by atomic mass is 17.1. The van der Waals surface area contributed by atoms with E-state index in [0.29, 0.717) is 6.61 Å². The third-order valence-corrected chi connectivity index (χ3v) is 0.819. The Morgan fingerprint density at radius 2 is 1.50 bits per heavy atom. The van der Waals surface area contributed by atoms with Crippen molar-refractivity contribution in [2.75, 3.05) is 34.8 Å². The van der Waals surface area contributed by atoms with Crippen LogP contribution in [-0.4, -0.2) is 50.3 Å². The minimum absolute atomic E-state index is 0.548. The topological polar surface area (TPSA) is 37.4 Å². The Labute approximate surface area is 73.0 Å². The van der Waals surface area contributed by atoms with Crippen molar-refractivity contribution in [3.63, 3.8) is 0 Å². The van der Waals surface area contributed by atoms with Gasteiger partial charge in [0, 0.05) is 28.2 Å². The molecule has 0 amide bonds. The van der Waals surface area contributed by atoms with Crippen LogP contribution in [-0.2, 0) is 14.7 Å². The molecule has 12 heavy (non-hydrogen) atoms. The zero-order valence-corrected chi connectivity index (χ0v) is 8.27. The van der Waals surface area contributed by atoms with E-state index in [-0.39, 0.29) is 0 Å². The Bertz CT molecular complexity index is 112. The predicted octanol–water partition coefficient (Wildman–Crippen LogP) is 0.0563. The van der Waals surface area contributed by atoms with Gasteiger partial charge in [0.1, 0.15) is 0 Å². The summed E-state index contributed by atoms with van der Waals surface area (Å²) in [5, 5.41) is 3.89. The first-order valence-corrected chi connectivity index (χ1v) is 3.70. The molecule has 0 aliphatic rings. The van der Waals surface area contributed by atoms with Crippen molar-refractivity contribution >= 4 is 0 Å². The van der Waals surface area contributed by atoms with Crippen LogP contribution in [0.5, 0.6) is 0 Å². The average molecular weight is 179 g/mol. The second-order valence-corrected chi connectivity index (χ2v) is 2.27. The lowest BCUT2D eigenvalue weighted by atomic mass is 10.9. The highest BCUT2D eigenvalue weighted by Crippen LogP contribution is 1.93. The molecule has 0 aliphatic carbocycles. The van der Waals surface area contributed by atoms with Crippen molar-refractivity contribution in [1.82, 2.24) is 15.5 Å². The molecule has 0 saturated heterocycles. The van der Waals surface area contributed by atoms with Crippen molar-refractivity contribution in [2.45, 2.75) is 6.92 Å². The molecule has 74 valence electrons. The van der Waals surface area contributed by atoms with Crippen molar-refractivity contribution in [3.8, 4) is 0 Å². The molecular weight excluding hydrogens is 162 g/mol. The molecule has 0 saturated carbocycles. The van der Waals surface area contributed by atoms with Gasteiger partial charge in [0.2, 0.25) is 0 Å². The minimum Gasteiger partial charge on any atom is -0.273 e. The molecule has 0 aromatic rings. The monoisotopic (exact) mass is 179 g/mol. The van der Waals surface area contributed by atoms with Crippen LogP contribution in [0.15, 0.2) is 0 Å². The number of hydroxylamine groups is 6. The maximum atomic E-state index is 4.99. The van der Waals surface area contributed by atoms with Crippen molar-refractivity contribution < 1.29 is 14.7 Å². The van der Waals surface area contributed by atoms with E-state index in [2.05, 4.69) is 0 Å². The van der Waals surface area contributed by atoms with Crippen LogP contribution < -0.4 is 0 Å². The minimum atomic E-state index is 0.548. The van der Waals surface area contributed by atoms with Crippen LogP contribution in [0.3, 0.4) is 0 Å². The van der Waals surface area contributed by atoms with Crippen LogP contribution in [0, 0.1) is 0 Å². The van der Waals surface area contributed by atoms with Gasteiger partial charge in [-0.2, -0.15) is 14.9 Å². The van der Waals surface area contributed by atoms with Gasteiger partial charge >= 0.3 is 0 Å². The van der Waals surface area contributed by atoms with Gasteiger partial charge in [0.15, 0.2) is 0 Å². The standard InChI is InChI=1S/C6H17N3O3/c1-6-10-8(4)12-9(5)11-7(2)3/h6H2,1-5H3. The van der Waals surface area contributed by atoms with Crippen LogP contribution in [0.4, 0.5) is 0 Å². The lowest BCUT2D eigenvalue weighted by Gasteiger charge is -2.22. The Morgan fingerprint density at radius 3 is 1.92 bits per heavy atom. The van der Waals surface area contributed by atoms with Crippen molar-refractivity contribution in [3.05, 3.63) is 0 Å². The predicted molar refractivity (Wildman–Crippen MR) is 43.0 cm³/mol. The molecule has 0 aromatic carbocycles. The van der Waals surface area contributed by atoms with E-state index in [1.54, 1.807) is 28.2 Å². The van der Waals surface area contributed by atoms with Crippen LogP contribution in [0.1, 0.15) is 6.92 Å². The Morgan fingerprint density at radius 1 is 0.917 bits per heavy atom. The molecule has 0 spiro atoms. The number of hydrogen-bond donors (Lipinski definition) is 0. The van der Waals surface area contributed by atoms with E-state index in [0.717, 1.165) is 0 Å². The highest BCUT2D eigenvalue weighted by Gasteiger charge is 2.05. The zero-order chi connectivity index (χ0) is 9.56. The van der Waals surface area contributed by atoms with E-state index in [1.165, 1.54) is 15.5 Å². The summed E-state index contributed by atoms with van der Waals surface area (Å²) in [6.07, 6.45) is 0. The van der Waals surface area contributed by atoms with Crippen molar-refractivity contribution in [2.24, 2.45) is 0 Å². The molecule has 0 unspecified atom stereocenters. The lowest BCUT2D eigenvalue weighted by Crippen LogP contribution is -2.34. The van der Waals surface area contributed by atoms with Gasteiger partial charge in [0.25, 0.3) is 0 Å². The van der Waals surface area contributed by atoms with Gasteiger partial charge in [-0.1, -0.05) is 0 Å². The molecular formula is C6H17N3O3. The molecule has 0 fully saturated rings. The van der Waals surface area contributed by atoms with E-state index >= 15 is 0 Å². The fourth-order valence-electron chi connectivity index (χ4n) is 0.612. The summed E-state index contributed by atoms with van der Waals surface area (Å²) in [5.74, 6) is 0. The maximum Gasteiger partial charge on any atom is 0.0684 e. The maximum absolute atomic E-state index is 4.99. The summed E-state index contributed by atoms with van der Waals surface area (Å²) in [6.45, 7) is 2.42. The average Bonchev–Trinajstić information content (AvgIpc) is 1.84. The molecule has 0 bridgehead atoms. The summed E-state index contributed by atoms with van der Waals surface area (Å²) < 4.78 is 0. The molecule has 0 N–H and O–H groups in total. The molecule has 0 atom stereocenters. The van der Waals surface area contributed by atoms with E-state index in [1.807, 2.05) is 6.92 Å².